The van der Waals surface area contributed by atoms with Crippen molar-refractivity contribution in [3.05, 3.63) is 63.5 Å². The second kappa shape index (κ2) is 6.39. The van der Waals surface area contributed by atoms with Crippen LogP contribution in [0, 0.1) is 0 Å². The van der Waals surface area contributed by atoms with E-state index in [1.807, 2.05) is 0 Å². The second-order valence-corrected chi connectivity index (χ2v) is 6.65. The van der Waals surface area contributed by atoms with Gasteiger partial charge in [-0.1, -0.05) is 35.3 Å². The zero-order valence-corrected chi connectivity index (χ0v) is 13.1. The lowest BCUT2D eigenvalue weighted by Crippen LogP contribution is -2.09. The van der Waals surface area contributed by atoms with Crippen molar-refractivity contribution in [3.63, 3.8) is 0 Å². The molecule has 0 aliphatic heterocycles. The highest BCUT2D eigenvalue weighted by molar-refractivity contribution is 7.95. The summed E-state index contributed by atoms with van der Waals surface area (Å²) in [5, 5.41) is 1.91. The summed E-state index contributed by atoms with van der Waals surface area (Å²) < 4.78 is 26.3. The molecule has 0 amide bonds. The summed E-state index contributed by atoms with van der Waals surface area (Å²) in [6.45, 7) is 0. The maximum atomic E-state index is 12.0. The lowest BCUT2D eigenvalue weighted by Gasteiger charge is -2.07. The molecule has 110 valence electrons. The molecule has 3 N–H and O–H groups in total. The van der Waals surface area contributed by atoms with Crippen LogP contribution in [0.15, 0.2) is 47.9 Å². The van der Waals surface area contributed by atoms with Crippen LogP contribution < -0.4 is 10.5 Å². The molecule has 0 radical (unpaired) electrons. The Morgan fingerprint density at radius 2 is 1.71 bits per heavy atom. The highest BCUT2D eigenvalue weighted by Crippen LogP contribution is 2.25. The summed E-state index contributed by atoms with van der Waals surface area (Å²) in [7, 11) is -3.69. The van der Waals surface area contributed by atoms with Crippen molar-refractivity contribution in [1.82, 2.24) is 0 Å². The number of rotatable bonds is 4. The van der Waals surface area contributed by atoms with Crippen LogP contribution in [-0.4, -0.2) is 8.42 Å². The smallest absolute Gasteiger partial charge is 0.255 e. The third-order valence-electron chi connectivity index (χ3n) is 2.55. The molecule has 21 heavy (non-hydrogen) atoms. The Labute approximate surface area is 133 Å². The number of hydrogen-bond donors (Lipinski definition) is 2. The Balaban J connectivity index is 2.18. The highest BCUT2D eigenvalue weighted by atomic mass is 35.5. The minimum absolute atomic E-state index is 0.234. The number of nitrogens with two attached hydrogens (primary N) is 1. The van der Waals surface area contributed by atoms with Crippen molar-refractivity contribution < 1.29 is 8.42 Å². The second-order valence-electron chi connectivity index (χ2n) is 4.24. The van der Waals surface area contributed by atoms with Crippen molar-refractivity contribution >= 4 is 50.7 Å². The molecule has 0 spiro atoms. The Hall–Kier alpha value is -1.69. The Morgan fingerprint density at radius 3 is 2.38 bits per heavy atom. The minimum atomic E-state index is -3.69. The van der Waals surface area contributed by atoms with E-state index in [-0.39, 0.29) is 10.7 Å². The number of anilines is 2. The lowest BCUT2D eigenvalue weighted by molar-refractivity contribution is 0.609. The van der Waals surface area contributed by atoms with Crippen LogP contribution >= 0.6 is 23.2 Å². The van der Waals surface area contributed by atoms with Crippen LogP contribution in [0.5, 0.6) is 0 Å². The number of benzene rings is 2. The molecule has 7 heteroatoms. The SMILES string of the molecule is Nc1ccc(Cl)c(NS(=O)(=O)/C=C/c2ccc(Cl)cc2)c1. The first-order chi connectivity index (χ1) is 9.85. The summed E-state index contributed by atoms with van der Waals surface area (Å²) in [4.78, 5) is 0. The van der Waals surface area contributed by atoms with Gasteiger partial charge in [-0.3, -0.25) is 4.72 Å². The Kier molecular flexibility index (Phi) is 4.77. The summed E-state index contributed by atoms with van der Waals surface area (Å²) in [6, 6.07) is 11.3. The molecule has 4 nitrogen and oxygen atoms in total. The van der Waals surface area contributed by atoms with Crippen molar-refractivity contribution in [2.24, 2.45) is 0 Å². The molecule has 0 aliphatic rings. The van der Waals surface area contributed by atoms with Gasteiger partial charge in [0.15, 0.2) is 0 Å². The molecule has 0 saturated carbocycles. The van der Waals surface area contributed by atoms with E-state index in [0.29, 0.717) is 16.3 Å². The van der Waals surface area contributed by atoms with E-state index >= 15 is 0 Å². The largest absolute Gasteiger partial charge is 0.399 e. The van der Waals surface area contributed by atoms with Gasteiger partial charge in [0.1, 0.15) is 0 Å². The zero-order valence-electron chi connectivity index (χ0n) is 10.8. The monoisotopic (exact) mass is 342 g/mol. The van der Waals surface area contributed by atoms with Gasteiger partial charge in [-0.15, -0.1) is 0 Å². The van der Waals surface area contributed by atoms with Crippen LogP contribution in [0.1, 0.15) is 5.56 Å². The predicted octanol–water partition coefficient (Wildman–Crippen LogP) is 3.99. The third-order valence-corrected chi connectivity index (χ3v) is 4.13. The van der Waals surface area contributed by atoms with Crippen molar-refractivity contribution in [3.8, 4) is 0 Å². The van der Waals surface area contributed by atoms with Gasteiger partial charge in [0.2, 0.25) is 0 Å². The van der Waals surface area contributed by atoms with Crippen molar-refractivity contribution in [1.29, 1.82) is 0 Å². The van der Waals surface area contributed by atoms with Gasteiger partial charge < -0.3 is 5.73 Å². The van der Waals surface area contributed by atoms with Crippen LogP contribution in [0.2, 0.25) is 10.0 Å². The molecule has 0 aromatic heterocycles. The number of nitrogen functional groups attached to an aromatic ring is 1. The molecule has 0 fully saturated rings. The summed E-state index contributed by atoms with van der Waals surface area (Å²) >= 11 is 11.7. The fourth-order valence-corrected chi connectivity index (χ4v) is 2.78. The Bertz CT molecular complexity index is 772. The lowest BCUT2D eigenvalue weighted by atomic mass is 10.2. The first-order valence-electron chi connectivity index (χ1n) is 5.87. The van der Waals surface area contributed by atoms with E-state index in [4.69, 9.17) is 28.9 Å². The molecule has 0 unspecified atom stereocenters. The van der Waals surface area contributed by atoms with Crippen molar-refractivity contribution in [2.45, 2.75) is 0 Å². The molecular formula is C14H12Cl2N2O2S. The maximum Gasteiger partial charge on any atom is 0.255 e. The predicted molar refractivity (Wildman–Crippen MR) is 88.9 cm³/mol. The van der Waals surface area contributed by atoms with Crippen molar-refractivity contribution in [2.75, 3.05) is 10.5 Å². The van der Waals surface area contributed by atoms with Crippen LogP contribution in [0.25, 0.3) is 6.08 Å². The van der Waals surface area contributed by atoms with Gasteiger partial charge in [0, 0.05) is 10.7 Å². The number of sulfonamides is 1. The molecule has 0 heterocycles. The summed E-state index contributed by atoms with van der Waals surface area (Å²) in [5.41, 5.74) is 6.96. The summed E-state index contributed by atoms with van der Waals surface area (Å²) in [5.74, 6) is 0. The van der Waals surface area contributed by atoms with Gasteiger partial charge in [-0.25, -0.2) is 8.42 Å². The first-order valence-corrected chi connectivity index (χ1v) is 8.17. The van der Waals surface area contributed by atoms with E-state index in [1.165, 1.54) is 18.2 Å². The van der Waals surface area contributed by atoms with E-state index in [2.05, 4.69) is 4.72 Å². The molecule has 0 saturated heterocycles. The highest BCUT2D eigenvalue weighted by Gasteiger charge is 2.09. The van der Waals surface area contributed by atoms with Gasteiger partial charge >= 0.3 is 0 Å². The van der Waals surface area contributed by atoms with E-state index in [9.17, 15) is 8.42 Å². The average molecular weight is 343 g/mol. The van der Waals surface area contributed by atoms with E-state index < -0.39 is 10.0 Å². The standard InChI is InChI=1S/C14H12Cl2N2O2S/c15-11-3-1-10(2-4-11)7-8-21(19,20)18-14-9-12(17)5-6-13(14)16/h1-9,18H,17H2/b8-7+. The van der Waals surface area contributed by atoms with Gasteiger partial charge in [0.25, 0.3) is 10.0 Å². The first kappa shape index (κ1) is 15.7. The quantitative estimate of drug-likeness (QED) is 0.825. The molecule has 0 bridgehead atoms. The fraction of sp³-hybridized carbons (Fsp3) is 0. The molecule has 2 aromatic carbocycles. The normalized spacial score (nSPS) is 11.7. The zero-order chi connectivity index (χ0) is 15.5. The topological polar surface area (TPSA) is 72.2 Å². The third kappa shape index (κ3) is 4.67. The molecule has 0 atom stereocenters. The molecule has 2 rings (SSSR count). The van der Waals surface area contributed by atoms with Crippen LogP contribution in [-0.2, 0) is 10.0 Å². The average Bonchev–Trinajstić information content (AvgIpc) is 2.42. The Morgan fingerprint density at radius 1 is 1.05 bits per heavy atom. The van der Waals surface area contributed by atoms with E-state index in [0.717, 1.165) is 5.41 Å². The number of halogens is 2. The van der Waals surface area contributed by atoms with Gasteiger partial charge in [-0.2, -0.15) is 0 Å². The summed E-state index contributed by atoms with van der Waals surface area (Å²) in [6.07, 6.45) is 1.46. The van der Waals surface area contributed by atoms with Gasteiger partial charge in [-0.05, 0) is 42.0 Å². The van der Waals surface area contributed by atoms with Crippen LogP contribution in [0.3, 0.4) is 0 Å². The molecular weight excluding hydrogens is 331 g/mol. The number of nitrogens with one attached hydrogen (secondary N) is 1. The van der Waals surface area contributed by atoms with Crippen LogP contribution in [0.4, 0.5) is 11.4 Å². The number of hydrogen-bond acceptors (Lipinski definition) is 3. The van der Waals surface area contributed by atoms with Gasteiger partial charge in [0.05, 0.1) is 16.1 Å². The minimum Gasteiger partial charge on any atom is -0.399 e. The maximum absolute atomic E-state index is 12.0. The molecule has 2 aromatic rings. The molecule has 0 aliphatic carbocycles. The van der Waals surface area contributed by atoms with E-state index in [1.54, 1.807) is 30.3 Å². The fourth-order valence-electron chi connectivity index (χ4n) is 1.55.